The second-order valence-corrected chi connectivity index (χ2v) is 2.74. The Hall–Kier alpha value is -0.240. The van der Waals surface area contributed by atoms with Crippen molar-refractivity contribution in [3.05, 3.63) is 0 Å². The van der Waals surface area contributed by atoms with Crippen LogP contribution < -0.4 is 80.0 Å². The Balaban J connectivity index is -0.0000000711. The maximum atomic E-state index is 9.70. The van der Waals surface area contributed by atoms with Gasteiger partial charge in [-0.25, -0.2) is 0 Å². The number of aliphatic carboxylic acids is 4. The molecule has 0 aromatic rings. The summed E-state index contributed by atoms with van der Waals surface area (Å²) in [6.45, 7) is -1.56. The van der Waals surface area contributed by atoms with E-state index in [9.17, 15) is 29.4 Å². The average molecular weight is 328 g/mol. The molecular formula is C8H14N2Na2O9. The fraction of sp³-hybridized carbons (Fsp3) is 0.500. The molecule has 0 radical (unpaired) electrons. The van der Waals surface area contributed by atoms with Gasteiger partial charge in [-0.1, -0.05) is 0 Å². The summed E-state index contributed by atoms with van der Waals surface area (Å²) >= 11 is 0. The molecule has 0 spiro atoms. The standard InChI is InChI=1S/2C4H7NO4.2Na.H2O/c2*6-3(7)1-5-2-4(8)9;;;/h2*5H,1-2H2,(H,6,7)(H,8,9);;;1H2/q;;2*+1;/p-2. The van der Waals surface area contributed by atoms with E-state index in [1.807, 2.05) is 0 Å². The van der Waals surface area contributed by atoms with E-state index in [1.165, 1.54) is 0 Å². The van der Waals surface area contributed by atoms with Crippen LogP contribution in [0.4, 0.5) is 0 Å². The van der Waals surface area contributed by atoms with Gasteiger partial charge in [0, 0.05) is 13.1 Å². The van der Waals surface area contributed by atoms with Crippen molar-refractivity contribution in [2.24, 2.45) is 0 Å². The van der Waals surface area contributed by atoms with Crippen molar-refractivity contribution >= 4 is 23.9 Å². The zero-order valence-corrected chi connectivity index (χ0v) is 15.7. The molecule has 0 bridgehead atoms. The molecule has 0 atom stereocenters. The van der Waals surface area contributed by atoms with Crippen LogP contribution in [0.15, 0.2) is 0 Å². The topological polar surface area (TPSA) is 210 Å². The van der Waals surface area contributed by atoms with Crippen LogP contribution in [0.5, 0.6) is 0 Å². The molecule has 0 heterocycles. The van der Waals surface area contributed by atoms with Crippen molar-refractivity contribution in [2.45, 2.75) is 0 Å². The van der Waals surface area contributed by atoms with Gasteiger partial charge in [-0.3, -0.25) is 9.59 Å². The van der Waals surface area contributed by atoms with E-state index >= 15 is 0 Å². The molecule has 13 heteroatoms. The zero-order valence-electron chi connectivity index (χ0n) is 11.7. The second-order valence-electron chi connectivity index (χ2n) is 2.74. The first-order valence-corrected chi connectivity index (χ1v) is 4.50. The van der Waals surface area contributed by atoms with Crippen LogP contribution in [0, 0.1) is 0 Å². The van der Waals surface area contributed by atoms with Crippen molar-refractivity contribution in [1.29, 1.82) is 0 Å². The quantitative estimate of drug-likeness (QED) is 0.309. The van der Waals surface area contributed by atoms with Crippen molar-refractivity contribution in [1.82, 2.24) is 10.6 Å². The molecule has 6 N–H and O–H groups in total. The van der Waals surface area contributed by atoms with Gasteiger partial charge in [0.25, 0.3) is 0 Å². The summed E-state index contributed by atoms with van der Waals surface area (Å²) in [5, 5.41) is 39.4. The summed E-state index contributed by atoms with van der Waals surface area (Å²) in [7, 11) is 0. The Morgan fingerprint density at radius 2 is 0.952 bits per heavy atom. The van der Waals surface area contributed by atoms with Crippen LogP contribution >= 0.6 is 0 Å². The maximum absolute atomic E-state index is 9.70. The van der Waals surface area contributed by atoms with Gasteiger partial charge in [0.2, 0.25) is 0 Å². The van der Waals surface area contributed by atoms with E-state index in [-0.39, 0.29) is 77.7 Å². The Kier molecular flexibility index (Phi) is 34.3. The van der Waals surface area contributed by atoms with Gasteiger partial charge in [-0.05, 0) is 0 Å². The molecule has 0 amide bonds. The monoisotopic (exact) mass is 328 g/mol. The van der Waals surface area contributed by atoms with Crippen LogP contribution in [0.3, 0.4) is 0 Å². The number of carboxylic acid groups (broad SMARTS) is 4. The zero-order chi connectivity index (χ0) is 14.6. The van der Waals surface area contributed by atoms with Crippen molar-refractivity contribution < 1.29 is 104 Å². The fourth-order valence-electron chi connectivity index (χ4n) is 0.543. The summed E-state index contributed by atoms with van der Waals surface area (Å²) < 4.78 is 0. The normalized spacial score (nSPS) is 7.62. The molecule has 0 fully saturated rings. The molecule has 0 saturated carbocycles. The minimum absolute atomic E-state index is 0. The molecule has 0 unspecified atom stereocenters. The predicted octanol–water partition coefficient (Wildman–Crippen LogP) is -12.0. The van der Waals surface area contributed by atoms with Crippen molar-refractivity contribution in [3.8, 4) is 0 Å². The van der Waals surface area contributed by atoms with E-state index in [4.69, 9.17) is 10.2 Å². The van der Waals surface area contributed by atoms with Crippen molar-refractivity contribution in [2.75, 3.05) is 26.2 Å². The Morgan fingerprint density at radius 1 is 0.714 bits per heavy atom. The maximum Gasteiger partial charge on any atom is 1.00 e. The minimum Gasteiger partial charge on any atom is -0.549 e. The van der Waals surface area contributed by atoms with E-state index < -0.39 is 37.0 Å². The third-order valence-corrected chi connectivity index (χ3v) is 1.09. The van der Waals surface area contributed by atoms with E-state index in [0.29, 0.717) is 0 Å². The largest absolute Gasteiger partial charge is 1.00 e. The SMILES string of the molecule is O.O=C([O-])CNCC(=O)O.O=C([O-])CNCC(=O)O.[Na+].[Na+]. The first kappa shape index (κ1) is 32.6. The van der Waals surface area contributed by atoms with Crippen LogP contribution in [0.2, 0.25) is 0 Å². The molecule has 0 aromatic carbocycles. The van der Waals surface area contributed by atoms with Crippen LogP contribution in [-0.4, -0.2) is 65.7 Å². The molecule has 0 aliphatic rings. The number of hydrogen-bond donors (Lipinski definition) is 4. The van der Waals surface area contributed by atoms with Gasteiger partial charge in [0.1, 0.15) is 0 Å². The van der Waals surface area contributed by atoms with Gasteiger partial charge in [0.15, 0.2) is 0 Å². The summed E-state index contributed by atoms with van der Waals surface area (Å²) in [6.07, 6.45) is 0. The van der Waals surface area contributed by atoms with Crippen LogP contribution in [0.1, 0.15) is 0 Å². The first-order valence-electron chi connectivity index (χ1n) is 4.50. The number of nitrogens with one attached hydrogen (secondary N) is 2. The number of hydrogen-bond acceptors (Lipinski definition) is 8. The average Bonchev–Trinajstić information content (AvgIpc) is 2.15. The van der Waals surface area contributed by atoms with E-state index in [0.717, 1.165) is 0 Å². The Morgan fingerprint density at radius 3 is 1.10 bits per heavy atom. The second kappa shape index (κ2) is 22.0. The number of carbonyl (C=O) groups excluding carboxylic acids is 2. The molecule has 0 aromatic heterocycles. The van der Waals surface area contributed by atoms with Gasteiger partial charge in [-0.2, -0.15) is 0 Å². The summed E-state index contributed by atoms with van der Waals surface area (Å²) in [6, 6.07) is 0. The molecule has 0 aliphatic carbocycles. The molecule has 0 rings (SSSR count). The number of rotatable bonds is 8. The van der Waals surface area contributed by atoms with Gasteiger partial charge < -0.3 is 46.1 Å². The summed E-state index contributed by atoms with van der Waals surface area (Å²) in [4.78, 5) is 38.6. The molecule has 0 saturated heterocycles. The van der Waals surface area contributed by atoms with Gasteiger partial charge in [-0.15, -0.1) is 0 Å². The summed E-state index contributed by atoms with van der Waals surface area (Å²) in [5.74, 6) is -4.79. The third-order valence-electron chi connectivity index (χ3n) is 1.09. The van der Waals surface area contributed by atoms with Crippen LogP contribution in [0.25, 0.3) is 0 Å². The number of carboxylic acids is 4. The molecule has 0 aliphatic heterocycles. The smallest absolute Gasteiger partial charge is 0.549 e. The van der Waals surface area contributed by atoms with Gasteiger partial charge >= 0.3 is 71.1 Å². The van der Waals surface area contributed by atoms with E-state index in [1.54, 1.807) is 0 Å². The minimum atomic E-state index is -1.31. The molecule has 11 nitrogen and oxygen atoms in total. The Bertz CT molecular complexity index is 256. The fourth-order valence-corrected chi connectivity index (χ4v) is 0.543. The molecular weight excluding hydrogens is 314 g/mol. The van der Waals surface area contributed by atoms with Gasteiger partial charge in [0.05, 0.1) is 25.0 Å². The van der Waals surface area contributed by atoms with Crippen LogP contribution in [-0.2, 0) is 19.2 Å². The third kappa shape index (κ3) is 45.1. The predicted molar refractivity (Wildman–Crippen MR) is 54.6 cm³/mol. The summed E-state index contributed by atoms with van der Waals surface area (Å²) in [5.41, 5.74) is 0. The first-order chi connectivity index (χ1) is 8.25. The molecule has 21 heavy (non-hydrogen) atoms. The van der Waals surface area contributed by atoms with Crippen molar-refractivity contribution in [3.63, 3.8) is 0 Å². The van der Waals surface area contributed by atoms with E-state index in [2.05, 4.69) is 10.6 Å². The Labute approximate surface area is 164 Å². The number of carbonyl (C=O) groups is 4. The molecule has 112 valence electrons.